The Kier molecular flexibility index (Phi) is 3.71. The third-order valence-corrected chi connectivity index (χ3v) is 4.06. The standard InChI is InChI=1S/C14H17ClN4O2/c1-3-19-13(10(15)8-16-19)14(20)18-6-4-5-11(18)12-7-9(2)17-21-12/h7-8,11H,3-6H2,1-2H3/t11-/m0/s1. The lowest BCUT2D eigenvalue weighted by Gasteiger charge is -2.23. The lowest BCUT2D eigenvalue weighted by Crippen LogP contribution is -2.32. The maximum absolute atomic E-state index is 12.8. The normalized spacial score (nSPS) is 18.4. The molecule has 1 saturated heterocycles. The Bertz CT molecular complexity index is 664. The van der Waals surface area contributed by atoms with Crippen LogP contribution < -0.4 is 0 Å². The lowest BCUT2D eigenvalue weighted by atomic mass is 10.1. The first kappa shape index (κ1) is 14.1. The Morgan fingerprint density at radius 1 is 1.57 bits per heavy atom. The van der Waals surface area contributed by atoms with Crippen LogP contribution in [0.5, 0.6) is 0 Å². The zero-order chi connectivity index (χ0) is 15.0. The second-order valence-electron chi connectivity index (χ2n) is 5.18. The van der Waals surface area contributed by atoms with Gasteiger partial charge in [0.2, 0.25) is 0 Å². The number of aryl methyl sites for hydroxylation is 2. The summed E-state index contributed by atoms with van der Waals surface area (Å²) in [4.78, 5) is 14.6. The summed E-state index contributed by atoms with van der Waals surface area (Å²) in [5, 5.41) is 8.43. The van der Waals surface area contributed by atoms with E-state index in [1.54, 1.807) is 9.58 Å². The third-order valence-electron chi connectivity index (χ3n) is 3.79. The molecule has 0 radical (unpaired) electrons. The first-order valence-corrected chi connectivity index (χ1v) is 7.45. The van der Waals surface area contributed by atoms with Gasteiger partial charge in [-0.1, -0.05) is 16.8 Å². The zero-order valence-corrected chi connectivity index (χ0v) is 12.8. The smallest absolute Gasteiger partial charge is 0.274 e. The van der Waals surface area contributed by atoms with Gasteiger partial charge in [0.05, 0.1) is 23.0 Å². The number of aromatic nitrogens is 3. The fraction of sp³-hybridized carbons (Fsp3) is 0.500. The number of carbonyl (C=O) groups excluding carboxylic acids is 1. The molecule has 1 amide bonds. The van der Waals surface area contributed by atoms with Crippen LogP contribution in [0.4, 0.5) is 0 Å². The summed E-state index contributed by atoms with van der Waals surface area (Å²) in [5.41, 5.74) is 1.27. The molecule has 1 aliphatic rings. The minimum atomic E-state index is -0.101. The van der Waals surface area contributed by atoms with Crippen LogP contribution in [-0.4, -0.2) is 32.3 Å². The van der Waals surface area contributed by atoms with Crippen LogP contribution in [0.3, 0.4) is 0 Å². The quantitative estimate of drug-likeness (QED) is 0.874. The van der Waals surface area contributed by atoms with Gasteiger partial charge in [-0.15, -0.1) is 0 Å². The number of hydrogen-bond acceptors (Lipinski definition) is 4. The molecule has 0 aromatic carbocycles. The Morgan fingerprint density at radius 2 is 2.38 bits per heavy atom. The summed E-state index contributed by atoms with van der Waals surface area (Å²) in [6.07, 6.45) is 3.33. The molecule has 1 atom stereocenters. The van der Waals surface area contributed by atoms with Gasteiger partial charge in [0.15, 0.2) is 5.76 Å². The molecule has 2 aromatic heterocycles. The third kappa shape index (κ3) is 2.44. The van der Waals surface area contributed by atoms with Crippen molar-refractivity contribution in [3.8, 4) is 0 Å². The van der Waals surface area contributed by atoms with Crippen molar-refractivity contribution in [3.05, 3.63) is 34.4 Å². The molecule has 0 unspecified atom stereocenters. The molecule has 112 valence electrons. The summed E-state index contributed by atoms with van der Waals surface area (Å²) in [6.45, 7) is 5.10. The van der Waals surface area contributed by atoms with Crippen LogP contribution in [0.25, 0.3) is 0 Å². The second kappa shape index (κ2) is 5.52. The van der Waals surface area contributed by atoms with Gasteiger partial charge in [-0.2, -0.15) is 5.10 Å². The molecule has 3 heterocycles. The molecule has 6 nitrogen and oxygen atoms in total. The van der Waals surface area contributed by atoms with Crippen molar-refractivity contribution in [1.82, 2.24) is 19.8 Å². The van der Waals surface area contributed by atoms with E-state index < -0.39 is 0 Å². The van der Waals surface area contributed by atoms with Crippen molar-refractivity contribution in [2.45, 2.75) is 39.3 Å². The van der Waals surface area contributed by atoms with E-state index in [4.69, 9.17) is 16.1 Å². The topological polar surface area (TPSA) is 64.2 Å². The maximum Gasteiger partial charge on any atom is 0.274 e. The van der Waals surface area contributed by atoms with Gasteiger partial charge in [0.25, 0.3) is 5.91 Å². The van der Waals surface area contributed by atoms with Crippen molar-refractivity contribution >= 4 is 17.5 Å². The van der Waals surface area contributed by atoms with Crippen molar-refractivity contribution in [2.24, 2.45) is 0 Å². The van der Waals surface area contributed by atoms with Crippen molar-refractivity contribution in [2.75, 3.05) is 6.54 Å². The van der Waals surface area contributed by atoms with Gasteiger partial charge < -0.3 is 9.42 Å². The Hall–Kier alpha value is -1.82. The van der Waals surface area contributed by atoms with E-state index in [0.29, 0.717) is 23.8 Å². The molecule has 0 bridgehead atoms. The van der Waals surface area contributed by atoms with Crippen molar-refractivity contribution < 1.29 is 9.32 Å². The average molecular weight is 309 g/mol. The van der Waals surface area contributed by atoms with Gasteiger partial charge in [-0.3, -0.25) is 9.48 Å². The number of halogens is 1. The van der Waals surface area contributed by atoms with Crippen LogP contribution in [0.15, 0.2) is 16.8 Å². The Morgan fingerprint density at radius 3 is 3.05 bits per heavy atom. The number of carbonyl (C=O) groups is 1. The summed E-state index contributed by atoms with van der Waals surface area (Å²) >= 11 is 6.13. The highest BCUT2D eigenvalue weighted by Gasteiger charge is 2.35. The van der Waals surface area contributed by atoms with E-state index in [1.165, 1.54) is 6.20 Å². The van der Waals surface area contributed by atoms with Crippen LogP contribution in [0.2, 0.25) is 5.02 Å². The molecule has 0 saturated carbocycles. The molecular weight excluding hydrogens is 292 g/mol. The Balaban J connectivity index is 1.91. The highest BCUT2D eigenvalue weighted by Crippen LogP contribution is 2.34. The number of amides is 1. The molecule has 21 heavy (non-hydrogen) atoms. The number of hydrogen-bond donors (Lipinski definition) is 0. The van der Waals surface area contributed by atoms with E-state index in [2.05, 4.69) is 10.3 Å². The van der Waals surface area contributed by atoms with Crippen LogP contribution in [0.1, 0.15) is 47.7 Å². The monoisotopic (exact) mass is 308 g/mol. The molecule has 1 fully saturated rings. The zero-order valence-electron chi connectivity index (χ0n) is 12.0. The van der Waals surface area contributed by atoms with Gasteiger partial charge >= 0.3 is 0 Å². The molecule has 0 aliphatic carbocycles. The molecule has 0 spiro atoms. The van der Waals surface area contributed by atoms with E-state index in [1.807, 2.05) is 19.9 Å². The van der Waals surface area contributed by atoms with Gasteiger partial charge in [0.1, 0.15) is 5.69 Å². The molecule has 2 aromatic rings. The molecule has 3 rings (SSSR count). The first-order valence-electron chi connectivity index (χ1n) is 7.07. The maximum atomic E-state index is 12.8. The molecule has 0 N–H and O–H groups in total. The Labute approximate surface area is 127 Å². The summed E-state index contributed by atoms with van der Waals surface area (Å²) < 4.78 is 6.96. The van der Waals surface area contributed by atoms with Gasteiger partial charge in [-0.25, -0.2) is 0 Å². The van der Waals surface area contributed by atoms with Crippen molar-refractivity contribution in [3.63, 3.8) is 0 Å². The summed E-state index contributed by atoms with van der Waals surface area (Å²) in [5.74, 6) is 0.632. The summed E-state index contributed by atoms with van der Waals surface area (Å²) in [7, 11) is 0. The lowest BCUT2D eigenvalue weighted by molar-refractivity contribution is 0.0702. The van der Waals surface area contributed by atoms with Crippen LogP contribution in [-0.2, 0) is 6.54 Å². The minimum Gasteiger partial charge on any atom is -0.359 e. The highest BCUT2D eigenvalue weighted by atomic mass is 35.5. The van der Waals surface area contributed by atoms with Gasteiger partial charge in [-0.05, 0) is 26.7 Å². The molecular formula is C14H17ClN4O2. The predicted molar refractivity (Wildman–Crippen MR) is 77.2 cm³/mol. The fourth-order valence-corrected chi connectivity index (χ4v) is 3.02. The predicted octanol–water partition coefficient (Wildman–Crippen LogP) is 2.83. The van der Waals surface area contributed by atoms with Crippen LogP contribution in [0, 0.1) is 6.92 Å². The van der Waals surface area contributed by atoms with E-state index in [9.17, 15) is 4.79 Å². The minimum absolute atomic E-state index is 0.0741. The fourth-order valence-electron chi connectivity index (χ4n) is 2.80. The number of likely N-dealkylation sites (tertiary alicyclic amines) is 1. The van der Waals surface area contributed by atoms with E-state index >= 15 is 0 Å². The van der Waals surface area contributed by atoms with Gasteiger partial charge in [0, 0.05) is 19.2 Å². The summed E-state index contributed by atoms with van der Waals surface area (Å²) in [6, 6.07) is 1.81. The highest BCUT2D eigenvalue weighted by molar-refractivity contribution is 6.33. The van der Waals surface area contributed by atoms with Crippen molar-refractivity contribution in [1.29, 1.82) is 0 Å². The SMILES string of the molecule is CCn1ncc(Cl)c1C(=O)N1CCC[C@H]1c1cc(C)no1. The molecule has 1 aliphatic heterocycles. The average Bonchev–Trinajstić information content (AvgIpc) is 3.16. The second-order valence-corrected chi connectivity index (χ2v) is 5.59. The van der Waals surface area contributed by atoms with Crippen LogP contribution >= 0.6 is 11.6 Å². The van der Waals surface area contributed by atoms with E-state index in [0.717, 1.165) is 24.3 Å². The van der Waals surface area contributed by atoms with E-state index in [-0.39, 0.29) is 11.9 Å². The number of nitrogens with zero attached hydrogens (tertiary/aromatic N) is 4. The first-order chi connectivity index (χ1) is 10.1. The number of rotatable bonds is 3. The molecule has 7 heteroatoms. The largest absolute Gasteiger partial charge is 0.359 e.